The molecular formula is C16H19ClN2OS. The second-order valence-corrected chi connectivity index (χ2v) is 6.28. The lowest BCUT2D eigenvalue weighted by Gasteiger charge is -2.16. The van der Waals surface area contributed by atoms with Gasteiger partial charge in [0, 0.05) is 35.2 Å². The van der Waals surface area contributed by atoms with Crippen molar-refractivity contribution in [3.05, 3.63) is 53.3 Å². The van der Waals surface area contributed by atoms with E-state index in [1.165, 1.54) is 4.90 Å². The summed E-state index contributed by atoms with van der Waals surface area (Å²) >= 11 is 7.67. The Kier molecular flexibility index (Phi) is 6.36. The van der Waals surface area contributed by atoms with Crippen LogP contribution < -0.4 is 5.32 Å². The number of hydrogen-bond acceptors (Lipinski definition) is 4. The molecule has 0 aliphatic rings. The first-order chi connectivity index (χ1) is 10.2. The standard InChI is InChI=1S/C16H19ClN2OS/c1-12(13-7-8-18-16(17)11-13)19-14-3-5-15(6-4-14)21-10-2-9-20/h3-8,11-12,19-20H,2,9-10H2,1H3. The van der Waals surface area contributed by atoms with Crippen LogP contribution in [0.1, 0.15) is 24.9 Å². The van der Waals surface area contributed by atoms with E-state index in [9.17, 15) is 0 Å². The third-order valence-corrected chi connectivity index (χ3v) is 4.36. The minimum Gasteiger partial charge on any atom is -0.396 e. The zero-order valence-electron chi connectivity index (χ0n) is 11.9. The molecule has 1 atom stereocenters. The lowest BCUT2D eigenvalue weighted by Crippen LogP contribution is -2.06. The summed E-state index contributed by atoms with van der Waals surface area (Å²) in [6.07, 6.45) is 2.54. The first-order valence-electron chi connectivity index (χ1n) is 6.91. The van der Waals surface area contributed by atoms with Gasteiger partial charge in [0.05, 0.1) is 0 Å². The SMILES string of the molecule is CC(Nc1ccc(SCCCO)cc1)c1ccnc(Cl)c1. The summed E-state index contributed by atoms with van der Waals surface area (Å²) in [6.45, 7) is 2.34. The van der Waals surface area contributed by atoms with Gasteiger partial charge < -0.3 is 10.4 Å². The van der Waals surface area contributed by atoms with Crippen LogP contribution in [0.25, 0.3) is 0 Å². The minimum absolute atomic E-state index is 0.165. The van der Waals surface area contributed by atoms with Gasteiger partial charge >= 0.3 is 0 Å². The van der Waals surface area contributed by atoms with Crippen molar-refractivity contribution < 1.29 is 5.11 Å². The average molecular weight is 323 g/mol. The number of rotatable bonds is 7. The highest BCUT2D eigenvalue weighted by molar-refractivity contribution is 7.99. The number of halogens is 1. The van der Waals surface area contributed by atoms with Gasteiger partial charge in [-0.2, -0.15) is 0 Å². The van der Waals surface area contributed by atoms with Gasteiger partial charge in [-0.25, -0.2) is 4.98 Å². The van der Waals surface area contributed by atoms with Gasteiger partial charge in [0.15, 0.2) is 0 Å². The number of pyridine rings is 1. The van der Waals surface area contributed by atoms with Gasteiger partial charge in [0.25, 0.3) is 0 Å². The van der Waals surface area contributed by atoms with E-state index in [1.54, 1.807) is 18.0 Å². The monoisotopic (exact) mass is 322 g/mol. The Balaban J connectivity index is 1.93. The van der Waals surface area contributed by atoms with Crippen LogP contribution in [-0.4, -0.2) is 22.5 Å². The molecule has 112 valence electrons. The van der Waals surface area contributed by atoms with E-state index >= 15 is 0 Å². The van der Waals surface area contributed by atoms with Crippen LogP contribution >= 0.6 is 23.4 Å². The van der Waals surface area contributed by atoms with E-state index in [0.29, 0.717) is 5.15 Å². The Morgan fingerprint density at radius 2 is 2.05 bits per heavy atom. The molecule has 0 fully saturated rings. The molecule has 0 spiro atoms. The summed E-state index contributed by atoms with van der Waals surface area (Å²) in [7, 11) is 0. The van der Waals surface area contributed by atoms with Crippen LogP contribution in [-0.2, 0) is 0 Å². The molecule has 0 saturated heterocycles. The van der Waals surface area contributed by atoms with Crippen molar-refractivity contribution in [3.8, 4) is 0 Å². The Hall–Kier alpha value is -1.23. The highest BCUT2D eigenvalue weighted by Gasteiger charge is 2.06. The van der Waals surface area contributed by atoms with Crippen LogP contribution in [0, 0.1) is 0 Å². The molecule has 2 aromatic rings. The number of anilines is 1. The quantitative estimate of drug-likeness (QED) is 0.451. The Morgan fingerprint density at radius 3 is 2.71 bits per heavy atom. The van der Waals surface area contributed by atoms with Crippen molar-refractivity contribution in [1.82, 2.24) is 4.98 Å². The van der Waals surface area contributed by atoms with Crippen molar-refractivity contribution in [3.63, 3.8) is 0 Å². The van der Waals surface area contributed by atoms with Gasteiger partial charge in [-0.3, -0.25) is 0 Å². The average Bonchev–Trinajstić information content (AvgIpc) is 2.49. The van der Waals surface area contributed by atoms with Crippen molar-refractivity contribution in [1.29, 1.82) is 0 Å². The maximum atomic E-state index is 8.78. The van der Waals surface area contributed by atoms with Crippen molar-refractivity contribution >= 4 is 29.1 Å². The first-order valence-corrected chi connectivity index (χ1v) is 8.27. The number of nitrogens with one attached hydrogen (secondary N) is 1. The van der Waals surface area contributed by atoms with Gasteiger partial charge in [-0.1, -0.05) is 11.6 Å². The fourth-order valence-corrected chi connectivity index (χ4v) is 2.94. The molecule has 2 rings (SSSR count). The maximum Gasteiger partial charge on any atom is 0.129 e. The topological polar surface area (TPSA) is 45.1 Å². The van der Waals surface area contributed by atoms with E-state index in [-0.39, 0.29) is 12.6 Å². The summed E-state index contributed by atoms with van der Waals surface area (Å²) in [5.74, 6) is 0.940. The predicted octanol–water partition coefficient (Wildman–Crippen LogP) is 4.38. The van der Waals surface area contributed by atoms with E-state index in [2.05, 4.69) is 41.5 Å². The van der Waals surface area contributed by atoms with Crippen molar-refractivity contribution in [2.75, 3.05) is 17.7 Å². The molecule has 0 aliphatic carbocycles. The minimum atomic E-state index is 0.165. The lowest BCUT2D eigenvalue weighted by atomic mass is 10.1. The van der Waals surface area contributed by atoms with E-state index in [0.717, 1.165) is 23.4 Å². The summed E-state index contributed by atoms with van der Waals surface area (Å²) in [5, 5.41) is 12.7. The number of aromatic nitrogens is 1. The maximum absolute atomic E-state index is 8.78. The highest BCUT2D eigenvalue weighted by Crippen LogP contribution is 2.24. The molecule has 1 aromatic carbocycles. The molecule has 3 nitrogen and oxygen atoms in total. The van der Waals surface area contributed by atoms with Crippen LogP contribution in [0.2, 0.25) is 5.15 Å². The summed E-state index contributed by atoms with van der Waals surface area (Å²) in [4.78, 5) is 5.21. The molecular weight excluding hydrogens is 304 g/mol. The Morgan fingerprint density at radius 1 is 1.29 bits per heavy atom. The first kappa shape index (κ1) is 16.1. The molecule has 0 saturated carbocycles. The lowest BCUT2D eigenvalue weighted by molar-refractivity contribution is 0.296. The molecule has 0 bridgehead atoms. The van der Waals surface area contributed by atoms with Gasteiger partial charge in [-0.15, -0.1) is 11.8 Å². The predicted molar refractivity (Wildman–Crippen MR) is 90.2 cm³/mol. The molecule has 0 radical (unpaired) electrons. The van der Waals surface area contributed by atoms with Crippen molar-refractivity contribution in [2.45, 2.75) is 24.3 Å². The molecule has 21 heavy (non-hydrogen) atoms. The summed E-state index contributed by atoms with van der Waals surface area (Å²) < 4.78 is 0. The molecule has 2 N–H and O–H groups in total. The van der Waals surface area contributed by atoms with E-state index in [1.807, 2.05) is 12.1 Å². The van der Waals surface area contributed by atoms with Crippen LogP contribution in [0.4, 0.5) is 5.69 Å². The third-order valence-electron chi connectivity index (χ3n) is 3.06. The number of benzene rings is 1. The fraction of sp³-hybridized carbons (Fsp3) is 0.312. The largest absolute Gasteiger partial charge is 0.396 e. The molecule has 0 amide bonds. The second-order valence-electron chi connectivity index (χ2n) is 4.73. The zero-order valence-corrected chi connectivity index (χ0v) is 13.5. The van der Waals surface area contributed by atoms with E-state index in [4.69, 9.17) is 16.7 Å². The fourth-order valence-electron chi connectivity index (χ4n) is 1.92. The third kappa shape index (κ3) is 5.23. The Labute approximate surface area is 134 Å². The molecule has 1 heterocycles. The second kappa shape index (κ2) is 8.27. The molecule has 5 heteroatoms. The smallest absolute Gasteiger partial charge is 0.129 e. The molecule has 1 aromatic heterocycles. The van der Waals surface area contributed by atoms with Crippen molar-refractivity contribution in [2.24, 2.45) is 0 Å². The summed E-state index contributed by atoms with van der Waals surface area (Å²) in [5.41, 5.74) is 2.18. The van der Waals surface area contributed by atoms with Crippen LogP contribution in [0.3, 0.4) is 0 Å². The van der Waals surface area contributed by atoms with E-state index < -0.39 is 0 Å². The normalized spacial score (nSPS) is 12.1. The number of nitrogens with zero attached hydrogens (tertiary/aromatic N) is 1. The van der Waals surface area contributed by atoms with Gasteiger partial charge in [0.2, 0.25) is 0 Å². The zero-order chi connectivity index (χ0) is 15.1. The number of aliphatic hydroxyl groups is 1. The highest BCUT2D eigenvalue weighted by atomic mass is 35.5. The molecule has 1 unspecified atom stereocenters. The summed E-state index contributed by atoms with van der Waals surface area (Å²) in [6, 6.07) is 12.3. The van der Waals surface area contributed by atoms with Crippen LogP contribution in [0.15, 0.2) is 47.5 Å². The van der Waals surface area contributed by atoms with Crippen LogP contribution in [0.5, 0.6) is 0 Å². The Bertz CT molecular complexity index is 562. The number of hydrogen-bond donors (Lipinski definition) is 2. The number of aliphatic hydroxyl groups excluding tert-OH is 1. The number of thioether (sulfide) groups is 1. The molecule has 0 aliphatic heterocycles. The van der Waals surface area contributed by atoms with Gasteiger partial charge in [-0.05, 0) is 55.3 Å². The van der Waals surface area contributed by atoms with Gasteiger partial charge in [0.1, 0.15) is 5.15 Å².